The molecule has 2 aromatic carbocycles. The van der Waals surface area contributed by atoms with E-state index < -0.39 is 0 Å². The molecule has 2 unspecified atom stereocenters. The van der Waals surface area contributed by atoms with Gasteiger partial charge in [0.1, 0.15) is 6.10 Å². The van der Waals surface area contributed by atoms with Gasteiger partial charge in [0, 0.05) is 5.41 Å². The van der Waals surface area contributed by atoms with E-state index in [0.29, 0.717) is 16.1 Å². The maximum atomic E-state index is 6.29. The van der Waals surface area contributed by atoms with Gasteiger partial charge in [0.15, 0.2) is 0 Å². The van der Waals surface area contributed by atoms with Crippen LogP contribution in [0, 0.1) is 5.41 Å². The van der Waals surface area contributed by atoms with Crippen molar-refractivity contribution < 1.29 is 4.84 Å². The molecule has 24 heavy (non-hydrogen) atoms. The van der Waals surface area contributed by atoms with Crippen molar-refractivity contribution in [2.24, 2.45) is 5.41 Å². The van der Waals surface area contributed by atoms with E-state index in [9.17, 15) is 0 Å². The first kappa shape index (κ1) is 16.0. The molecule has 0 saturated carbocycles. The summed E-state index contributed by atoms with van der Waals surface area (Å²) >= 11 is 12.1. The molecule has 0 N–H and O–H groups in total. The largest absolute Gasteiger partial charge is 0.265 e. The Kier molecular flexibility index (Phi) is 3.87. The zero-order valence-electron chi connectivity index (χ0n) is 13.7. The Labute approximate surface area is 152 Å². The Morgan fingerprint density at radius 2 is 1.92 bits per heavy atom. The molecule has 1 fully saturated rings. The number of anilines is 1. The first-order valence-electron chi connectivity index (χ1n) is 8.14. The number of benzene rings is 2. The highest BCUT2D eigenvalue weighted by Crippen LogP contribution is 2.48. The predicted octanol–water partition coefficient (Wildman–Crippen LogP) is 5.78. The molecule has 124 valence electrons. The first-order chi connectivity index (χ1) is 11.5. The fraction of sp³-hybridized carbons (Fsp3) is 0.300. The van der Waals surface area contributed by atoms with Gasteiger partial charge in [-0.2, -0.15) is 0 Å². The minimum absolute atomic E-state index is 0.0188. The van der Waals surface area contributed by atoms with Crippen LogP contribution in [0.4, 0.5) is 5.69 Å². The third-order valence-corrected chi connectivity index (χ3v) is 5.89. The van der Waals surface area contributed by atoms with Crippen LogP contribution in [0.1, 0.15) is 25.0 Å². The summed E-state index contributed by atoms with van der Waals surface area (Å²) in [6.07, 6.45) is 5.23. The van der Waals surface area contributed by atoms with E-state index in [1.807, 2.05) is 18.2 Å². The Morgan fingerprint density at radius 3 is 2.71 bits per heavy atom. The highest BCUT2D eigenvalue weighted by atomic mass is 35.5. The number of hydroxylamine groups is 1. The van der Waals surface area contributed by atoms with Crippen molar-refractivity contribution >= 4 is 35.0 Å². The number of fused-ring (bicyclic) bond motifs is 3. The smallest absolute Gasteiger partial charge is 0.111 e. The summed E-state index contributed by atoms with van der Waals surface area (Å²) < 4.78 is 0. The minimum Gasteiger partial charge on any atom is -0.265 e. The Bertz CT molecular complexity index is 815. The lowest BCUT2D eigenvalue weighted by Crippen LogP contribution is -2.36. The Hall–Kier alpha value is -1.48. The fourth-order valence-electron chi connectivity index (χ4n) is 3.60. The van der Waals surface area contributed by atoms with Gasteiger partial charge in [0.2, 0.25) is 0 Å². The average Bonchev–Trinajstić information content (AvgIpc) is 3.04. The van der Waals surface area contributed by atoms with Crippen molar-refractivity contribution in [1.82, 2.24) is 0 Å². The van der Waals surface area contributed by atoms with Crippen LogP contribution in [0.25, 0.3) is 6.08 Å². The van der Waals surface area contributed by atoms with Crippen molar-refractivity contribution in [3.05, 3.63) is 69.7 Å². The van der Waals surface area contributed by atoms with E-state index in [-0.39, 0.29) is 11.5 Å². The van der Waals surface area contributed by atoms with Crippen LogP contribution in [0.5, 0.6) is 0 Å². The Balaban J connectivity index is 1.59. The minimum atomic E-state index is 0.0188. The van der Waals surface area contributed by atoms with Gasteiger partial charge in [-0.15, -0.1) is 0 Å². The molecule has 2 nitrogen and oxygen atoms in total. The number of halogens is 2. The van der Waals surface area contributed by atoms with E-state index in [4.69, 9.17) is 28.0 Å². The van der Waals surface area contributed by atoms with Gasteiger partial charge in [0.05, 0.1) is 21.8 Å². The maximum absolute atomic E-state index is 6.29. The van der Waals surface area contributed by atoms with Crippen molar-refractivity contribution in [2.45, 2.75) is 32.4 Å². The molecule has 2 atom stereocenters. The van der Waals surface area contributed by atoms with Crippen LogP contribution in [-0.2, 0) is 11.3 Å². The summed E-state index contributed by atoms with van der Waals surface area (Å²) in [6, 6.07) is 14.5. The molecule has 0 bridgehead atoms. The molecule has 4 rings (SSSR count). The van der Waals surface area contributed by atoms with Gasteiger partial charge >= 0.3 is 0 Å². The average molecular weight is 360 g/mol. The second-order valence-corrected chi connectivity index (χ2v) is 7.87. The standard InChI is InChI=1S/C20H19Cl2NO/c1-20(2)18-12-14-5-3-4-6-17(14)23(18)24-19(20)10-8-13-7-9-15(21)16(22)11-13/h3-11,18-19H,12H2,1-2H3. The van der Waals surface area contributed by atoms with Gasteiger partial charge in [-0.05, 0) is 35.7 Å². The molecule has 2 aliphatic rings. The number of rotatable bonds is 2. The lowest BCUT2D eigenvalue weighted by molar-refractivity contribution is 0.0849. The molecule has 0 radical (unpaired) electrons. The topological polar surface area (TPSA) is 12.5 Å². The van der Waals surface area contributed by atoms with E-state index >= 15 is 0 Å². The molecule has 2 heterocycles. The van der Waals surface area contributed by atoms with Crippen LogP contribution in [-0.4, -0.2) is 12.1 Å². The number of hydrogen-bond acceptors (Lipinski definition) is 2. The lowest BCUT2D eigenvalue weighted by atomic mass is 9.78. The molecule has 0 aromatic heterocycles. The van der Waals surface area contributed by atoms with Gasteiger partial charge < -0.3 is 0 Å². The summed E-state index contributed by atoms with van der Waals surface area (Å²) in [5.74, 6) is 0. The lowest BCUT2D eigenvalue weighted by Gasteiger charge is -2.26. The first-order valence-corrected chi connectivity index (χ1v) is 8.89. The highest BCUT2D eigenvalue weighted by Gasteiger charge is 2.51. The van der Waals surface area contributed by atoms with E-state index in [0.717, 1.165) is 12.0 Å². The summed E-state index contributed by atoms with van der Waals surface area (Å²) in [6.45, 7) is 4.54. The Morgan fingerprint density at radius 1 is 1.12 bits per heavy atom. The van der Waals surface area contributed by atoms with Gasteiger partial charge in [-0.1, -0.05) is 73.5 Å². The van der Waals surface area contributed by atoms with Crippen molar-refractivity contribution in [3.63, 3.8) is 0 Å². The highest BCUT2D eigenvalue weighted by molar-refractivity contribution is 6.42. The molecule has 2 aliphatic heterocycles. The van der Waals surface area contributed by atoms with Gasteiger partial charge in [-0.25, -0.2) is 5.06 Å². The van der Waals surface area contributed by atoms with Crippen LogP contribution in [0.3, 0.4) is 0 Å². The zero-order chi connectivity index (χ0) is 16.9. The third-order valence-electron chi connectivity index (χ3n) is 5.15. The molecule has 0 amide bonds. The number of nitrogens with zero attached hydrogens (tertiary/aromatic N) is 1. The number of para-hydroxylation sites is 1. The zero-order valence-corrected chi connectivity index (χ0v) is 15.2. The van der Waals surface area contributed by atoms with Gasteiger partial charge in [-0.3, -0.25) is 4.84 Å². The normalized spacial score (nSPS) is 24.4. The fourth-order valence-corrected chi connectivity index (χ4v) is 3.91. The van der Waals surface area contributed by atoms with Gasteiger partial charge in [0.25, 0.3) is 0 Å². The van der Waals surface area contributed by atoms with Crippen LogP contribution < -0.4 is 5.06 Å². The van der Waals surface area contributed by atoms with E-state index in [1.165, 1.54) is 11.3 Å². The summed E-state index contributed by atoms with van der Waals surface area (Å²) in [5, 5.41) is 3.24. The molecule has 0 aliphatic carbocycles. The second kappa shape index (κ2) is 5.80. The second-order valence-electron chi connectivity index (χ2n) is 7.05. The summed E-state index contributed by atoms with van der Waals surface area (Å²) in [5.41, 5.74) is 3.60. The molecule has 2 aromatic rings. The molecular weight excluding hydrogens is 341 g/mol. The van der Waals surface area contributed by atoms with Crippen molar-refractivity contribution in [1.29, 1.82) is 0 Å². The molecule has 4 heteroatoms. The van der Waals surface area contributed by atoms with E-state index in [1.54, 1.807) is 0 Å². The number of hydrogen-bond donors (Lipinski definition) is 0. The van der Waals surface area contributed by atoms with Crippen LogP contribution in [0.15, 0.2) is 48.5 Å². The predicted molar refractivity (Wildman–Crippen MR) is 101 cm³/mol. The third kappa shape index (κ3) is 2.54. The van der Waals surface area contributed by atoms with Crippen LogP contribution >= 0.6 is 23.2 Å². The SMILES string of the molecule is CC1(C)C(C=Cc2ccc(Cl)c(Cl)c2)ON2c3ccccc3CC21. The summed E-state index contributed by atoms with van der Waals surface area (Å²) in [7, 11) is 0. The molecule has 1 saturated heterocycles. The van der Waals surface area contributed by atoms with Crippen molar-refractivity contribution in [3.8, 4) is 0 Å². The molecular formula is C20H19Cl2NO. The molecule has 0 spiro atoms. The monoisotopic (exact) mass is 359 g/mol. The van der Waals surface area contributed by atoms with E-state index in [2.05, 4.69) is 55.3 Å². The van der Waals surface area contributed by atoms with Crippen LogP contribution in [0.2, 0.25) is 10.0 Å². The summed E-state index contributed by atoms with van der Waals surface area (Å²) in [4.78, 5) is 6.29. The maximum Gasteiger partial charge on any atom is 0.111 e. The van der Waals surface area contributed by atoms with Crippen molar-refractivity contribution in [2.75, 3.05) is 5.06 Å². The quantitative estimate of drug-likeness (QED) is 0.673.